The van der Waals surface area contributed by atoms with Gasteiger partial charge >= 0.3 is 0 Å². The number of nitriles is 1. The van der Waals surface area contributed by atoms with Crippen LogP contribution in [0.4, 0.5) is 5.00 Å². The van der Waals surface area contributed by atoms with Crippen molar-refractivity contribution in [3.63, 3.8) is 0 Å². The van der Waals surface area contributed by atoms with Crippen molar-refractivity contribution in [3.8, 4) is 6.07 Å². The van der Waals surface area contributed by atoms with E-state index in [0.29, 0.717) is 10.6 Å². The number of aryl methyl sites for hydroxylation is 1. The van der Waals surface area contributed by atoms with Gasteiger partial charge in [-0.1, -0.05) is 5.16 Å². The van der Waals surface area contributed by atoms with E-state index in [-0.39, 0.29) is 11.7 Å². The van der Waals surface area contributed by atoms with Crippen LogP contribution in [0.2, 0.25) is 0 Å². The highest BCUT2D eigenvalue weighted by Gasteiger charge is 2.22. The standard InChI is InChI=1S/C13H11N3O2S/c14-7-9-8-3-1-2-4-11(8)19-13(9)16-12(17)10-5-6-15-18-10/h5-6H,1-4H2,(H,16,17). The Morgan fingerprint density at radius 3 is 3.05 bits per heavy atom. The maximum Gasteiger partial charge on any atom is 0.294 e. The molecule has 0 spiro atoms. The number of thiophene rings is 1. The Labute approximate surface area is 113 Å². The van der Waals surface area contributed by atoms with E-state index in [0.717, 1.165) is 31.2 Å². The van der Waals surface area contributed by atoms with E-state index in [1.165, 1.54) is 28.5 Å². The highest BCUT2D eigenvalue weighted by Crippen LogP contribution is 2.37. The second-order valence-corrected chi connectivity index (χ2v) is 5.46. The summed E-state index contributed by atoms with van der Waals surface area (Å²) in [5, 5.41) is 16.1. The molecule has 2 heterocycles. The summed E-state index contributed by atoms with van der Waals surface area (Å²) in [6, 6.07) is 3.70. The lowest BCUT2D eigenvalue weighted by Crippen LogP contribution is -2.10. The van der Waals surface area contributed by atoms with Gasteiger partial charge in [-0.05, 0) is 31.2 Å². The van der Waals surface area contributed by atoms with Crippen molar-refractivity contribution >= 4 is 22.2 Å². The average Bonchev–Trinajstić information content (AvgIpc) is 3.05. The van der Waals surface area contributed by atoms with Crippen molar-refractivity contribution in [2.75, 3.05) is 5.32 Å². The fourth-order valence-electron chi connectivity index (χ4n) is 2.27. The quantitative estimate of drug-likeness (QED) is 0.912. The van der Waals surface area contributed by atoms with Gasteiger partial charge in [0.1, 0.15) is 11.1 Å². The minimum atomic E-state index is -0.368. The Hall–Kier alpha value is -2.13. The van der Waals surface area contributed by atoms with Crippen LogP contribution in [0.15, 0.2) is 16.8 Å². The predicted molar refractivity (Wildman–Crippen MR) is 70.1 cm³/mol. The van der Waals surface area contributed by atoms with Gasteiger partial charge in [0.05, 0.1) is 11.8 Å². The summed E-state index contributed by atoms with van der Waals surface area (Å²) in [5.74, 6) is -0.220. The molecule has 2 aromatic rings. The second-order valence-electron chi connectivity index (χ2n) is 4.36. The van der Waals surface area contributed by atoms with Crippen molar-refractivity contribution < 1.29 is 9.32 Å². The Kier molecular flexibility index (Phi) is 3.05. The fraction of sp³-hybridized carbons (Fsp3) is 0.308. The van der Waals surface area contributed by atoms with Gasteiger partial charge in [0.25, 0.3) is 5.91 Å². The van der Waals surface area contributed by atoms with Crippen molar-refractivity contribution in [1.29, 1.82) is 5.26 Å². The van der Waals surface area contributed by atoms with Crippen molar-refractivity contribution in [2.24, 2.45) is 0 Å². The monoisotopic (exact) mass is 273 g/mol. The summed E-state index contributed by atoms with van der Waals surface area (Å²) >= 11 is 1.50. The number of anilines is 1. The van der Waals surface area contributed by atoms with Gasteiger partial charge in [-0.25, -0.2) is 0 Å². The van der Waals surface area contributed by atoms with E-state index in [1.807, 2.05) is 0 Å². The largest absolute Gasteiger partial charge is 0.351 e. The maximum atomic E-state index is 11.9. The first-order chi connectivity index (χ1) is 9.29. The normalized spacial score (nSPS) is 13.6. The molecule has 1 amide bonds. The molecule has 0 aliphatic heterocycles. The predicted octanol–water partition coefficient (Wildman–Crippen LogP) is 2.74. The van der Waals surface area contributed by atoms with Gasteiger partial charge in [0.2, 0.25) is 5.76 Å². The topological polar surface area (TPSA) is 78.9 Å². The first-order valence-electron chi connectivity index (χ1n) is 6.06. The van der Waals surface area contributed by atoms with E-state index < -0.39 is 0 Å². The molecule has 0 saturated heterocycles. The van der Waals surface area contributed by atoms with Crippen LogP contribution in [0.5, 0.6) is 0 Å². The summed E-state index contributed by atoms with van der Waals surface area (Å²) in [6.07, 6.45) is 5.58. The fourth-order valence-corrected chi connectivity index (χ4v) is 3.50. The minimum absolute atomic E-state index is 0.148. The molecule has 5 nitrogen and oxygen atoms in total. The molecule has 0 radical (unpaired) electrons. The van der Waals surface area contributed by atoms with Crippen LogP contribution >= 0.6 is 11.3 Å². The molecule has 1 N–H and O–H groups in total. The lowest BCUT2D eigenvalue weighted by Gasteiger charge is -2.09. The van der Waals surface area contributed by atoms with E-state index in [1.54, 1.807) is 0 Å². The molecule has 3 rings (SSSR count). The molecule has 0 atom stereocenters. The third-order valence-corrected chi connectivity index (χ3v) is 4.38. The van der Waals surface area contributed by atoms with E-state index in [2.05, 4.69) is 16.5 Å². The van der Waals surface area contributed by atoms with Gasteiger partial charge in [-0.3, -0.25) is 4.79 Å². The summed E-state index contributed by atoms with van der Waals surface area (Å²) in [7, 11) is 0. The molecule has 0 saturated carbocycles. The molecule has 2 aromatic heterocycles. The van der Waals surface area contributed by atoms with Crippen molar-refractivity contribution in [3.05, 3.63) is 34.0 Å². The number of carbonyl (C=O) groups is 1. The number of nitrogens with one attached hydrogen (secondary N) is 1. The van der Waals surface area contributed by atoms with E-state index in [4.69, 9.17) is 4.52 Å². The van der Waals surface area contributed by atoms with Gasteiger partial charge in [-0.15, -0.1) is 11.3 Å². The van der Waals surface area contributed by atoms with Crippen LogP contribution in [0.25, 0.3) is 0 Å². The molecule has 96 valence electrons. The van der Waals surface area contributed by atoms with Crippen molar-refractivity contribution in [2.45, 2.75) is 25.7 Å². The highest BCUT2D eigenvalue weighted by atomic mass is 32.1. The molecular formula is C13H11N3O2S. The minimum Gasteiger partial charge on any atom is -0.351 e. The Morgan fingerprint density at radius 2 is 2.32 bits per heavy atom. The molecule has 6 heteroatoms. The van der Waals surface area contributed by atoms with Crippen LogP contribution in [0.1, 0.15) is 39.4 Å². The zero-order valence-electron chi connectivity index (χ0n) is 10.1. The molecule has 1 aliphatic rings. The SMILES string of the molecule is N#Cc1c(NC(=O)c2ccno2)sc2c1CCCC2. The number of carbonyl (C=O) groups excluding carboxylic acids is 1. The first-order valence-corrected chi connectivity index (χ1v) is 6.88. The summed E-state index contributed by atoms with van der Waals surface area (Å²) < 4.78 is 4.80. The number of hydrogen-bond donors (Lipinski definition) is 1. The van der Waals surface area contributed by atoms with Crippen LogP contribution < -0.4 is 5.32 Å². The lowest BCUT2D eigenvalue weighted by atomic mass is 9.96. The second kappa shape index (κ2) is 4.86. The smallest absolute Gasteiger partial charge is 0.294 e. The number of fused-ring (bicyclic) bond motifs is 1. The summed E-state index contributed by atoms with van der Waals surface area (Å²) in [6.45, 7) is 0. The number of amides is 1. The lowest BCUT2D eigenvalue weighted by molar-refractivity contribution is 0.0988. The van der Waals surface area contributed by atoms with Crippen LogP contribution in [-0.4, -0.2) is 11.1 Å². The number of hydrogen-bond acceptors (Lipinski definition) is 5. The summed E-state index contributed by atoms with van der Waals surface area (Å²) in [4.78, 5) is 13.1. The Morgan fingerprint density at radius 1 is 1.47 bits per heavy atom. The highest BCUT2D eigenvalue weighted by molar-refractivity contribution is 7.16. The molecule has 0 aromatic carbocycles. The number of aromatic nitrogens is 1. The van der Waals surface area contributed by atoms with Gasteiger partial charge in [0, 0.05) is 10.9 Å². The number of rotatable bonds is 2. The molecule has 0 unspecified atom stereocenters. The van der Waals surface area contributed by atoms with Gasteiger partial charge in [-0.2, -0.15) is 5.26 Å². The van der Waals surface area contributed by atoms with E-state index >= 15 is 0 Å². The van der Waals surface area contributed by atoms with Crippen molar-refractivity contribution in [1.82, 2.24) is 5.16 Å². The van der Waals surface area contributed by atoms with Crippen LogP contribution in [0, 0.1) is 11.3 Å². The Balaban J connectivity index is 1.91. The molecule has 19 heavy (non-hydrogen) atoms. The summed E-state index contributed by atoms with van der Waals surface area (Å²) in [5.41, 5.74) is 1.71. The van der Waals surface area contributed by atoms with Gasteiger partial charge in [0.15, 0.2) is 0 Å². The third-order valence-electron chi connectivity index (χ3n) is 3.17. The third kappa shape index (κ3) is 2.13. The molecule has 0 bridgehead atoms. The zero-order chi connectivity index (χ0) is 13.2. The molecule has 0 fully saturated rings. The molecular weight excluding hydrogens is 262 g/mol. The molecule has 1 aliphatic carbocycles. The van der Waals surface area contributed by atoms with Crippen LogP contribution in [-0.2, 0) is 12.8 Å². The van der Waals surface area contributed by atoms with Gasteiger partial charge < -0.3 is 9.84 Å². The maximum absolute atomic E-state index is 11.9. The average molecular weight is 273 g/mol. The van der Waals surface area contributed by atoms with E-state index in [9.17, 15) is 10.1 Å². The first kappa shape index (κ1) is 11.9. The zero-order valence-corrected chi connectivity index (χ0v) is 10.9. The van der Waals surface area contributed by atoms with Crippen LogP contribution in [0.3, 0.4) is 0 Å². The Bertz CT molecular complexity index is 652. The number of nitrogens with zero attached hydrogens (tertiary/aromatic N) is 2.